The summed E-state index contributed by atoms with van der Waals surface area (Å²) < 4.78 is 5.78. The van der Waals surface area contributed by atoms with Gasteiger partial charge in [0.2, 0.25) is 0 Å². The van der Waals surface area contributed by atoms with E-state index in [1.165, 1.54) is 12.8 Å². The number of hydrogen-bond donors (Lipinski definition) is 2. The van der Waals surface area contributed by atoms with Crippen LogP contribution in [0.4, 0.5) is 11.6 Å². The highest BCUT2D eigenvalue weighted by atomic mass is 16.5. The van der Waals surface area contributed by atoms with Crippen molar-refractivity contribution < 1.29 is 4.74 Å². The normalized spacial score (nSPS) is 19.1. The first-order chi connectivity index (χ1) is 9.60. The lowest BCUT2D eigenvalue weighted by atomic mass is 10.1. The van der Waals surface area contributed by atoms with E-state index in [2.05, 4.69) is 34.1 Å². The lowest BCUT2D eigenvalue weighted by Gasteiger charge is -2.28. The minimum atomic E-state index is 0.265. The second kappa shape index (κ2) is 6.85. The van der Waals surface area contributed by atoms with E-state index in [9.17, 15) is 0 Å². The Bertz CT molecular complexity index is 432. The molecule has 0 bridgehead atoms. The number of hydrazine groups is 1. The average molecular weight is 279 g/mol. The van der Waals surface area contributed by atoms with Gasteiger partial charge in [-0.25, -0.2) is 15.8 Å². The van der Waals surface area contributed by atoms with E-state index in [4.69, 9.17) is 10.6 Å². The molecule has 1 aliphatic heterocycles. The Hall–Kier alpha value is -1.40. The quantitative estimate of drug-likeness (QED) is 0.633. The lowest BCUT2D eigenvalue weighted by molar-refractivity contribution is 0.0215. The topological polar surface area (TPSA) is 76.3 Å². The highest BCUT2D eigenvalue weighted by Crippen LogP contribution is 2.21. The van der Waals surface area contributed by atoms with Crippen LogP contribution in [0.2, 0.25) is 0 Å². The van der Waals surface area contributed by atoms with Gasteiger partial charge in [0.1, 0.15) is 17.5 Å². The Kier molecular flexibility index (Phi) is 5.14. The molecular formula is C14H25N5O. The van der Waals surface area contributed by atoms with Crippen molar-refractivity contribution in [3.8, 4) is 0 Å². The van der Waals surface area contributed by atoms with E-state index in [1.54, 1.807) is 0 Å². The molecule has 0 radical (unpaired) electrons. The van der Waals surface area contributed by atoms with Gasteiger partial charge in [-0.2, -0.15) is 0 Å². The maximum Gasteiger partial charge on any atom is 0.145 e. The second-order valence-electron chi connectivity index (χ2n) is 5.64. The molecule has 1 atom stereocenters. The van der Waals surface area contributed by atoms with Crippen LogP contribution in [0.15, 0.2) is 6.07 Å². The Morgan fingerprint density at radius 2 is 2.25 bits per heavy atom. The molecule has 6 heteroatoms. The maximum absolute atomic E-state index is 5.78. The number of nitrogens with two attached hydrogens (primary N) is 1. The smallest absolute Gasteiger partial charge is 0.145 e. The van der Waals surface area contributed by atoms with Gasteiger partial charge in [0.15, 0.2) is 0 Å². The summed E-state index contributed by atoms with van der Waals surface area (Å²) >= 11 is 0. The minimum Gasteiger partial charge on any atom is -0.376 e. The molecule has 20 heavy (non-hydrogen) atoms. The minimum absolute atomic E-state index is 0.265. The molecule has 0 saturated carbocycles. The van der Waals surface area contributed by atoms with Gasteiger partial charge in [-0.1, -0.05) is 13.8 Å². The number of nitrogen functional groups attached to an aromatic ring is 1. The van der Waals surface area contributed by atoms with E-state index in [0.717, 1.165) is 31.2 Å². The SMILES string of the molecule is CC(C)c1nc(NN)cc(N(C)CC2CCCCO2)n1. The Balaban J connectivity index is 2.11. The van der Waals surface area contributed by atoms with Gasteiger partial charge in [-0.3, -0.25) is 0 Å². The molecule has 6 nitrogen and oxygen atoms in total. The molecule has 112 valence electrons. The molecule has 1 aliphatic rings. The molecule has 1 saturated heterocycles. The van der Waals surface area contributed by atoms with Crippen molar-refractivity contribution in [1.82, 2.24) is 9.97 Å². The summed E-state index contributed by atoms with van der Waals surface area (Å²) in [4.78, 5) is 11.1. The van der Waals surface area contributed by atoms with Crippen molar-refractivity contribution in [3.05, 3.63) is 11.9 Å². The van der Waals surface area contributed by atoms with Crippen LogP contribution in [0.3, 0.4) is 0 Å². The van der Waals surface area contributed by atoms with E-state index < -0.39 is 0 Å². The molecule has 0 aromatic carbocycles. The number of rotatable bonds is 5. The van der Waals surface area contributed by atoms with Crippen molar-refractivity contribution in [3.63, 3.8) is 0 Å². The highest BCUT2D eigenvalue weighted by molar-refractivity contribution is 5.48. The zero-order valence-corrected chi connectivity index (χ0v) is 12.6. The third kappa shape index (κ3) is 3.80. The van der Waals surface area contributed by atoms with Crippen molar-refractivity contribution in [2.45, 2.75) is 45.1 Å². The van der Waals surface area contributed by atoms with E-state index in [1.807, 2.05) is 13.1 Å². The van der Waals surface area contributed by atoms with Crippen LogP contribution < -0.4 is 16.2 Å². The van der Waals surface area contributed by atoms with Crippen molar-refractivity contribution in [2.75, 3.05) is 30.5 Å². The molecule has 0 aliphatic carbocycles. The number of aromatic nitrogens is 2. The average Bonchev–Trinajstić information content (AvgIpc) is 2.47. The number of nitrogens with one attached hydrogen (secondary N) is 1. The van der Waals surface area contributed by atoms with E-state index in [-0.39, 0.29) is 5.92 Å². The predicted molar refractivity (Wildman–Crippen MR) is 80.8 cm³/mol. The van der Waals surface area contributed by atoms with Crippen LogP contribution in [0, 0.1) is 0 Å². The van der Waals surface area contributed by atoms with Crippen molar-refractivity contribution in [1.29, 1.82) is 0 Å². The molecule has 0 amide bonds. The summed E-state index contributed by atoms with van der Waals surface area (Å²) in [5.74, 6) is 8.08. The molecule has 1 fully saturated rings. The first kappa shape index (κ1) is 15.0. The number of hydrogen-bond acceptors (Lipinski definition) is 6. The summed E-state index contributed by atoms with van der Waals surface area (Å²) in [6.45, 7) is 5.86. The summed E-state index contributed by atoms with van der Waals surface area (Å²) in [5, 5.41) is 0. The molecule has 3 N–H and O–H groups in total. The third-order valence-corrected chi connectivity index (χ3v) is 3.54. The van der Waals surface area contributed by atoms with Crippen LogP contribution in [-0.4, -0.2) is 36.3 Å². The van der Waals surface area contributed by atoms with Crippen LogP contribution in [0.25, 0.3) is 0 Å². The van der Waals surface area contributed by atoms with Gasteiger partial charge < -0.3 is 15.1 Å². The number of ether oxygens (including phenoxy) is 1. The van der Waals surface area contributed by atoms with Crippen molar-refractivity contribution in [2.24, 2.45) is 5.84 Å². The fourth-order valence-corrected chi connectivity index (χ4v) is 2.33. The Labute approximate surface area is 120 Å². The van der Waals surface area contributed by atoms with Crippen LogP contribution in [0.5, 0.6) is 0 Å². The van der Waals surface area contributed by atoms with Gasteiger partial charge >= 0.3 is 0 Å². The maximum atomic E-state index is 5.78. The Morgan fingerprint density at radius 1 is 1.45 bits per heavy atom. The van der Waals surface area contributed by atoms with E-state index >= 15 is 0 Å². The summed E-state index contributed by atoms with van der Waals surface area (Å²) in [5.41, 5.74) is 2.61. The second-order valence-corrected chi connectivity index (χ2v) is 5.64. The predicted octanol–water partition coefficient (Wildman–Crippen LogP) is 1.89. The zero-order chi connectivity index (χ0) is 14.5. The molecular weight excluding hydrogens is 254 g/mol. The lowest BCUT2D eigenvalue weighted by Crippen LogP contribution is -2.34. The molecule has 0 spiro atoms. The van der Waals surface area contributed by atoms with Crippen LogP contribution in [0.1, 0.15) is 44.9 Å². The van der Waals surface area contributed by atoms with Gasteiger partial charge in [0.25, 0.3) is 0 Å². The first-order valence-electron chi connectivity index (χ1n) is 7.28. The molecule has 1 aromatic rings. The summed E-state index contributed by atoms with van der Waals surface area (Å²) in [6, 6.07) is 1.87. The molecule has 1 unspecified atom stereocenters. The summed E-state index contributed by atoms with van der Waals surface area (Å²) in [7, 11) is 2.03. The van der Waals surface area contributed by atoms with Gasteiger partial charge in [0.05, 0.1) is 6.10 Å². The number of nitrogens with zero attached hydrogens (tertiary/aromatic N) is 3. The highest BCUT2D eigenvalue weighted by Gasteiger charge is 2.18. The zero-order valence-electron chi connectivity index (χ0n) is 12.6. The molecule has 2 rings (SSSR count). The van der Waals surface area contributed by atoms with E-state index in [0.29, 0.717) is 11.9 Å². The fraction of sp³-hybridized carbons (Fsp3) is 0.714. The molecule has 1 aromatic heterocycles. The third-order valence-electron chi connectivity index (χ3n) is 3.54. The monoisotopic (exact) mass is 279 g/mol. The van der Waals surface area contributed by atoms with Crippen LogP contribution in [-0.2, 0) is 4.74 Å². The molecule has 2 heterocycles. The fourth-order valence-electron chi connectivity index (χ4n) is 2.33. The first-order valence-corrected chi connectivity index (χ1v) is 7.28. The van der Waals surface area contributed by atoms with Gasteiger partial charge in [-0.05, 0) is 19.3 Å². The standard InChI is InChI=1S/C14H25N5O/c1-10(2)14-16-12(18-15)8-13(17-14)19(3)9-11-6-4-5-7-20-11/h8,10-11H,4-7,9,15H2,1-3H3,(H,16,17,18). The largest absolute Gasteiger partial charge is 0.376 e. The summed E-state index contributed by atoms with van der Waals surface area (Å²) in [6.07, 6.45) is 3.83. The number of anilines is 2. The van der Waals surface area contributed by atoms with Gasteiger partial charge in [0, 0.05) is 32.2 Å². The Morgan fingerprint density at radius 3 is 2.85 bits per heavy atom. The van der Waals surface area contributed by atoms with Gasteiger partial charge in [-0.15, -0.1) is 0 Å². The number of likely N-dealkylation sites (N-methyl/N-ethyl adjacent to an activating group) is 1. The van der Waals surface area contributed by atoms with Crippen molar-refractivity contribution >= 4 is 11.6 Å². The van der Waals surface area contributed by atoms with Crippen LogP contribution >= 0.6 is 0 Å².